The molecule has 2 rings (SSSR count). The van der Waals surface area contributed by atoms with E-state index in [1.807, 2.05) is 49.4 Å². The van der Waals surface area contributed by atoms with Crippen molar-refractivity contribution in [2.24, 2.45) is 0 Å². The lowest BCUT2D eigenvalue weighted by atomic mass is 10.2. The maximum atomic E-state index is 11.9. The van der Waals surface area contributed by atoms with Gasteiger partial charge in [0.2, 0.25) is 11.8 Å². The van der Waals surface area contributed by atoms with Gasteiger partial charge in [-0.25, -0.2) is 0 Å². The van der Waals surface area contributed by atoms with Crippen LogP contribution in [0.5, 0.6) is 5.75 Å². The predicted molar refractivity (Wildman–Crippen MR) is 124 cm³/mol. The van der Waals surface area contributed by atoms with E-state index in [9.17, 15) is 14.4 Å². The van der Waals surface area contributed by atoms with E-state index < -0.39 is 11.8 Å². The Morgan fingerprint density at radius 3 is 2.39 bits per heavy atom. The molecule has 0 radical (unpaired) electrons. The van der Waals surface area contributed by atoms with Gasteiger partial charge in [-0.1, -0.05) is 36.4 Å². The first-order valence-electron chi connectivity index (χ1n) is 9.41. The molecule has 8 nitrogen and oxygen atoms in total. The van der Waals surface area contributed by atoms with Crippen LogP contribution in [-0.4, -0.2) is 29.4 Å². The Hall–Kier alpha value is -2.98. The third-order valence-electron chi connectivity index (χ3n) is 3.93. The van der Waals surface area contributed by atoms with E-state index in [0.29, 0.717) is 12.3 Å². The highest BCUT2D eigenvalue weighted by molar-refractivity contribution is 9.10. The van der Waals surface area contributed by atoms with Crippen LogP contribution in [0.2, 0.25) is 0 Å². The van der Waals surface area contributed by atoms with Crippen LogP contribution < -0.4 is 26.2 Å². The molecular formula is C21H23BrN4O4S. The minimum atomic E-state index is -0.487. The number of carbonyl (C=O) groups is 3. The van der Waals surface area contributed by atoms with E-state index in [1.165, 1.54) is 0 Å². The number of nitrogens with one attached hydrogen (secondary N) is 4. The zero-order valence-corrected chi connectivity index (χ0v) is 19.3. The van der Waals surface area contributed by atoms with Crippen molar-refractivity contribution in [3.63, 3.8) is 0 Å². The molecule has 4 N–H and O–H groups in total. The lowest BCUT2D eigenvalue weighted by molar-refractivity contribution is -0.126. The van der Waals surface area contributed by atoms with Crippen molar-refractivity contribution >= 4 is 51.0 Å². The summed E-state index contributed by atoms with van der Waals surface area (Å²) in [5, 5.41) is 5.04. The van der Waals surface area contributed by atoms with Gasteiger partial charge in [-0.05, 0) is 58.3 Å². The summed E-state index contributed by atoms with van der Waals surface area (Å²) >= 11 is 8.32. The van der Waals surface area contributed by atoms with Crippen LogP contribution in [0.25, 0.3) is 0 Å². The quantitative estimate of drug-likeness (QED) is 0.323. The molecule has 0 fully saturated rings. The third kappa shape index (κ3) is 9.58. The minimum Gasteiger partial charge on any atom is -0.483 e. The molecule has 0 atom stereocenters. The fraction of sp³-hybridized carbons (Fsp3) is 0.238. The fourth-order valence-electron chi connectivity index (χ4n) is 2.36. The van der Waals surface area contributed by atoms with E-state index in [2.05, 4.69) is 37.4 Å². The molecule has 0 aromatic heterocycles. The molecule has 0 saturated heterocycles. The van der Waals surface area contributed by atoms with Crippen LogP contribution in [0.15, 0.2) is 53.0 Å². The Labute approximate surface area is 194 Å². The van der Waals surface area contributed by atoms with E-state index in [1.54, 1.807) is 6.07 Å². The highest BCUT2D eigenvalue weighted by Crippen LogP contribution is 2.25. The summed E-state index contributed by atoms with van der Waals surface area (Å²) in [4.78, 5) is 35.6. The van der Waals surface area contributed by atoms with Crippen LogP contribution in [0, 0.1) is 6.92 Å². The van der Waals surface area contributed by atoms with Crippen LogP contribution in [-0.2, 0) is 20.9 Å². The monoisotopic (exact) mass is 506 g/mol. The average molecular weight is 507 g/mol. The number of benzene rings is 2. The van der Waals surface area contributed by atoms with Crippen molar-refractivity contribution < 1.29 is 19.1 Å². The van der Waals surface area contributed by atoms with Gasteiger partial charge in [0.25, 0.3) is 5.91 Å². The highest BCUT2D eigenvalue weighted by Gasteiger charge is 2.10. The molecular weight excluding hydrogens is 484 g/mol. The van der Waals surface area contributed by atoms with Crippen molar-refractivity contribution in [1.29, 1.82) is 0 Å². The van der Waals surface area contributed by atoms with Crippen molar-refractivity contribution in [1.82, 2.24) is 21.5 Å². The van der Waals surface area contributed by atoms with Gasteiger partial charge < -0.3 is 10.1 Å². The first-order valence-corrected chi connectivity index (χ1v) is 10.6. The van der Waals surface area contributed by atoms with Gasteiger partial charge in [-0.2, -0.15) is 0 Å². The van der Waals surface area contributed by atoms with Gasteiger partial charge in [0, 0.05) is 19.4 Å². The maximum absolute atomic E-state index is 11.9. The second-order valence-corrected chi connectivity index (χ2v) is 7.80. The first kappa shape index (κ1) is 24.3. The summed E-state index contributed by atoms with van der Waals surface area (Å²) in [5.74, 6) is -0.640. The highest BCUT2D eigenvalue weighted by atomic mass is 79.9. The number of hydrogen-bond donors (Lipinski definition) is 4. The van der Waals surface area contributed by atoms with Crippen molar-refractivity contribution in [3.8, 4) is 5.75 Å². The van der Waals surface area contributed by atoms with Gasteiger partial charge >= 0.3 is 0 Å². The molecule has 0 aliphatic carbocycles. The van der Waals surface area contributed by atoms with E-state index in [4.69, 9.17) is 17.0 Å². The number of carbonyl (C=O) groups excluding carboxylic acids is 3. The number of aryl methyl sites for hydroxylation is 1. The first-order chi connectivity index (χ1) is 14.8. The summed E-state index contributed by atoms with van der Waals surface area (Å²) in [6, 6.07) is 14.9. The second-order valence-electron chi connectivity index (χ2n) is 6.54. The number of hydrazine groups is 1. The molecule has 2 aromatic carbocycles. The minimum absolute atomic E-state index is 0.0265. The lowest BCUT2D eigenvalue weighted by Crippen LogP contribution is -2.49. The van der Waals surface area contributed by atoms with Gasteiger partial charge in [0.05, 0.1) is 4.47 Å². The summed E-state index contributed by atoms with van der Waals surface area (Å²) in [7, 11) is 0. The number of rotatable bonds is 8. The van der Waals surface area contributed by atoms with Crippen molar-refractivity contribution in [3.05, 3.63) is 64.1 Å². The zero-order valence-electron chi connectivity index (χ0n) is 16.9. The van der Waals surface area contributed by atoms with Crippen LogP contribution >= 0.6 is 28.1 Å². The molecule has 0 aliphatic rings. The molecule has 0 aliphatic heterocycles. The maximum Gasteiger partial charge on any atom is 0.264 e. The van der Waals surface area contributed by atoms with Gasteiger partial charge in [0.15, 0.2) is 11.7 Å². The summed E-state index contributed by atoms with van der Waals surface area (Å²) in [6.45, 7) is 2.09. The molecule has 3 amide bonds. The van der Waals surface area contributed by atoms with Gasteiger partial charge in [0.1, 0.15) is 5.75 Å². The molecule has 2 aromatic rings. The number of thiocarbonyl (C=S) groups is 1. The Morgan fingerprint density at radius 1 is 0.968 bits per heavy atom. The molecule has 10 heteroatoms. The largest absolute Gasteiger partial charge is 0.483 e. The van der Waals surface area contributed by atoms with Crippen molar-refractivity contribution in [2.75, 3.05) is 6.61 Å². The number of amides is 3. The number of hydrogen-bond acceptors (Lipinski definition) is 5. The molecule has 0 bridgehead atoms. The van der Waals surface area contributed by atoms with E-state index in [0.717, 1.165) is 15.6 Å². The summed E-state index contributed by atoms with van der Waals surface area (Å²) < 4.78 is 6.16. The number of halogens is 1. The molecule has 0 saturated carbocycles. The summed E-state index contributed by atoms with van der Waals surface area (Å²) in [5.41, 5.74) is 6.78. The summed E-state index contributed by atoms with van der Waals surface area (Å²) in [6.07, 6.45) is -0.00647. The van der Waals surface area contributed by atoms with Gasteiger partial charge in [-0.3, -0.25) is 30.6 Å². The topological polar surface area (TPSA) is 109 Å². The van der Waals surface area contributed by atoms with E-state index >= 15 is 0 Å². The Morgan fingerprint density at radius 2 is 1.68 bits per heavy atom. The predicted octanol–water partition coefficient (Wildman–Crippen LogP) is 2.25. The molecule has 164 valence electrons. The SMILES string of the molecule is Cc1ccc(OCC(=O)NC(=S)NNC(=O)CCC(=O)NCc2ccccc2)c(Br)c1. The standard InChI is InChI=1S/C21H23BrN4O4S/c1-14-7-8-17(16(22)11-14)30-13-20(29)24-21(31)26-25-19(28)10-9-18(27)23-12-15-5-3-2-4-6-15/h2-8,11H,9-10,12-13H2,1H3,(H,23,27)(H,25,28)(H2,24,26,29,31). The number of ether oxygens (including phenoxy) is 1. The molecule has 0 heterocycles. The Bertz CT molecular complexity index is 940. The van der Waals surface area contributed by atoms with Gasteiger partial charge in [-0.15, -0.1) is 0 Å². The van der Waals surface area contributed by atoms with Crippen LogP contribution in [0.3, 0.4) is 0 Å². The average Bonchev–Trinajstić information content (AvgIpc) is 2.75. The van der Waals surface area contributed by atoms with Crippen LogP contribution in [0.1, 0.15) is 24.0 Å². The zero-order chi connectivity index (χ0) is 22.6. The third-order valence-corrected chi connectivity index (χ3v) is 4.75. The molecule has 0 spiro atoms. The normalized spacial score (nSPS) is 10.0. The Balaban J connectivity index is 1.59. The fourth-order valence-corrected chi connectivity index (χ4v) is 3.13. The molecule has 0 unspecified atom stereocenters. The lowest BCUT2D eigenvalue weighted by Gasteiger charge is -2.12. The molecule has 31 heavy (non-hydrogen) atoms. The van der Waals surface area contributed by atoms with Crippen molar-refractivity contribution in [2.45, 2.75) is 26.3 Å². The van der Waals surface area contributed by atoms with Crippen LogP contribution in [0.4, 0.5) is 0 Å². The smallest absolute Gasteiger partial charge is 0.264 e. The Kier molecular flexibility index (Phi) is 9.92. The second kappa shape index (κ2) is 12.7. The van der Waals surface area contributed by atoms with E-state index in [-0.39, 0.29) is 30.5 Å².